The van der Waals surface area contributed by atoms with E-state index in [-0.39, 0.29) is 6.54 Å². The Kier molecular flexibility index (Phi) is 4.22. The maximum atomic E-state index is 8.93. The van der Waals surface area contributed by atoms with Crippen LogP contribution in [-0.2, 0) is 0 Å². The van der Waals surface area contributed by atoms with Gasteiger partial charge in [0.1, 0.15) is 12.2 Å². The van der Waals surface area contributed by atoms with Gasteiger partial charge in [0.05, 0.1) is 6.10 Å². The minimum atomic E-state index is -1.23. The van der Waals surface area contributed by atoms with Crippen LogP contribution in [0.2, 0.25) is 0 Å². The van der Waals surface area contributed by atoms with E-state index in [0.717, 1.165) is 6.08 Å². The van der Waals surface area contributed by atoms with Crippen LogP contribution < -0.4 is 5.73 Å². The molecule has 0 aliphatic carbocycles. The van der Waals surface area contributed by atoms with Crippen molar-refractivity contribution in [1.82, 2.24) is 0 Å². The molecule has 0 aliphatic heterocycles. The molecule has 0 aliphatic rings. The molecule has 0 bridgehead atoms. The highest BCUT2D eigenvalue weighted by Crippen LogP contribution is 1.98. The van der Waals surface area contributed by atoms with Gasteiger partial charge in [-0.3, -0.25) is 0 Å². The van der Waals surface area contributed by atoms with Crippen LogP contribution in [0.5, 0.6) is 0 Å². The fourth-order valence-electron chi connectivity index (χ4n) is 0.506. The Morgan fingerprint density at radius 2 is 1.90 bits per heavy atom. The fraction of sp³-hybridized carbons (Fsp3) is 0.667. The van der Waals surface area contributed by atoms with E-state index < -0.39 is 18.3 Å². The van der Waals surface area contributed by atoms with Crippen molar-refractivity contribution in [2.75, 3.05) is 6.54 Å². The molecular formula is C6H13NO3. The second kappa shape index (κ2) is 4.40. The van der Waals surface area contributed by atoms with Crippen molar-refractivity contribution in [3.8, 4) is 0 Å². The predicted octanol–water partition coefficient (Wildman–Crippen LogP) is -1.79. The Morgan fingerprint density at radius 3 is 2.20 bits per heavy atom. The van der Waals surface area contributed by atoms with Crippen molar-refractivity contribution in [3.63, 3.8) is 0 Å². The van der Waals surface area contributed by atoms with E-state index in [1.165, 1.54) is 0 Å². The molecule has 0 saturated heterocycles. The Balaban J connectivity index is 3.80. The minimum absolute atomic E-state index is 0.0773. The van der Waals surface area contributed by atoms with E-state index in [1.807, 2.05) is 0 Å². The van der Waals surface area contributed by atoms with Crippen LogP contribution in [-0.4, -0.2) is 40.2 Å². The summed E-state index contributed by atoms with van der Waals surface area (Å²) in [5.41, 5.74) is 5.01. The first-order chi connectivity index (χ1) is 4.63. The summed E-state index contributed by atoms with van der Waals surface area (Å²) in [6, 6.07) is 0. The van der Waals surface area contributed by atoms with Crippen molar-refractivity contribution in [1.29, 1.82) is 0 Å². The number of rotatable bonds is 4. The smallest absolute Gasteiger partial charge is 0.110 e. The van der Waals surface area contributed by atoms with Gasteiger partial charge in [0.2, 0.25) is 0 Å². The van der Waals surface area contributed by atoms with Crippen molar-refractivity contribution in [3.05, 3.63) is 12.7 Å². The highest BCUT2D eigenvalue weighted by molar-refractivity contribution is 4.88. The Morgan fingerprint density at radius 1 is 1.40 bits per heavy atom. The fourth-order valence-corrected chi connectivity index (χ4v) is 0.506. The number of aliphatic hydroxyl groups excluding tert-OH is 3. The van der Waals surface area contributed by atoms with Gasteiger partial charge in [-0.1, -0.05) is 6.08 Å². The molecule has 5 N–H and O–H groups in total. The number of aliphatic hydroxyl groups is 3. The van der Waals surface area contributed by atoms with E-state index in [0.29, 0.717) is 0 Å². The van der Waals surface area contributed by atoms with E-state index in [2.05, 4.69) is 6.58 Å². The molecule has 4 heteroatoms. The molecule has 0 rings (SSSR count). The molecule has 0 aromatic heterocycles. The van der Waals surface area contributed by atoms with Gasteiger partial charge in [0.15, 0.2) is 0 Å². The topological polar surface area (TPSA) is 86.7 Å². The van der Waals surface area contributed by atoms with Crippen LogP contribution >= 0.6 is 0 Å². The maximum absolute atomic E-state index is 8.93. The summed E-state index contributed by atoms with van der Waals surface area (Å²) in [5, 5.41) is 26.6. The van der Waals surface area contributed by atoms with Gasteiger partial charge in [-0.15, -0.1) is 6.58 Å². The Hall–Kier alpha value is -0.420. The monoisotopic (exact) mass is 147 g/mol. The lowest BCUT2D eigenvalue weighted by Gasteiger charge is -2.18. The maximum Gasteiger partial charge on any atom is 0.110 e. The van der Waals surface area contributed by atoms with Gasteiger partial charge in [-0.05, 0) is 0 Å². The van der Waals surface area contributed by atoms with Crippen molar-refractivity contribution >= 4 is 0 Å². The summed E-state index contributed by atoms with van der Waals surface area (Å²) in [6.45, 7) is 3.16. The minimum Gasteiger partial charge on any atom is -0.389 e. The first-order valence-corrected chi connectivity index (χ1v) is 3.00. The normalized spacial score (nSPS) is 19.6. The first-order valence-electron chi connectivity index (χ1n) is 3.00. The SMILES string of the molecule is C=CC(O)C(O)C(O)CN. The lowest BCUT2D eigenvalue weighted by Crippen LogP contribution is -2.40. The van der Waals surface area contributed by atoms with Crippen LogP contribution in [0.15, 0.2) is 12.7 Å². The molecular weight excluding hydrogens is 134 g/mol. The quantitative estimate of drug-likeness (QED) is 0.354. The zero-order chi connectivity index (χ0) is 8.15. The van der Waals surface area contributed by atoms with Gasteiger partial charge >= 0.3 is 0 Å². The van der Waals surface area contributed by atoms with Crippen LogP contribution in [0.3, 0.4) is 0 Å². The lowest BCUT2D eigenvalue weighted by molar-refractivity contribution is -0.0365. The molecule has 0 amide bonds. The van der Waals surface area contributed by atoms with Gasteiger partial charge < -0.3 is 21.1 Å². The molecule has 0 aromatic carbocycles. The summed E-state index contributed by atoms with van der Waals surface area (Å²) in [4.78, 5) is 0. The van der Waals surface area contributed by atoms with Crippen LogP contribution in [0.1, 0.15) is 0 Å². The van der Waals surface area contributed by atoms with Crippen molar-refractivity contribution in [2.24, 2.45) is 5.73 Å². The molecule has 0 spiro atoms. The summed E-state index contributed by atoms with van der Waals surface area (Å²) in [7, 11) is 0. The number of hydrogen-bond donors (Lipinski definition) is 4. The average Bonchev–Trinajstić information content (AvgIpc) is 2.00. The van der Waals surface area contributed by atoms with Crippen molar-refractivity contribution < 1.29 is 15.3 Å². The first kappa shape index (κ1) is 9.58. The van der Waals surface area contributed by atoms with Crippen LogP contribution in [0.4, 0.5) is 0 Å². The molecule has 10 heavy (non-hydrogen) atoms. The second-order valence-corrected chi connectivity index (χ2v) is 2.02. The van der Waals surface area contributed by atoms with E-state index in [9.17, 15) is 0 Å². The highest BCUT2D eigenvalue weighted by atomic mass is 16.4. The lowest BCUT2D eigenvalue weighted by atomic mass is 10.1. The average molecular weight is 147 g/mol. The van der Waals surface area contributed by atoms with Gasteiger partial charge in [-0.25, -0.2) is 0 Å². The number of hydrogen-bond acceptors (Lipinski definition) is 4. The second-order valence-electron chi connectivity index (χ2n) is 2.02. The molecule has 0 heterocycles. The predicted molar refractivity (Wildman–Crippen MR) is 37.3 cm³/mol. The van der Waals surface area contributed by atoms with Crippen LogP contribution in [0.25, 0.3) is 0 Å². The summed E-state index contributed by atoms with van der Waals surface area (Å²) >= 11 is 0. The summed E-state index contributed by atoms with van der Waals surface area (Å²) in [6.07, 6.45) is -2.29. The molecule has 0 saturated carbocycles. The summed E-state index contributed by atoms with van der Waals surface area (Å²) in [5.74, 6) is 0. The molecule has 0 radical (unpaired) electrons. The zero-order valence-electron chi connectivity index (χ0n) is 5.64. The summed E-state index contributed by atoms with van der Waals surface area (Å²) < 4.78 is 0. The Bertz CT molecular complexity index is 107. The molecule has 4 nitrogen and oxygen atoms in total. The molecule has 0 fully saturated rings. The van der Waals surface area contributed by atoms with Gasteiger partial charge in [0, 0.05) is 6.54 Å². The third-order valence-corrected chi connectivity index (χ3v) is 1.23. The van der Waals surface area contributed by atoms with E-state index in [1.54, 1.807) is 0 Å². The highest BCUT2D eigenvalue weighted by Gasteiger charge is 2.20. The molecule has 60 valence electrons. The molecule has 3 atom stereocenters. The van der Waals surface area contributed by atoms with Crippen molar-refractivity contribution in [2.45, 2.75) is 18.3 Å². The van der Waals surface area contributed by atoms with Gasteiger partial charge in [-0.2, -0.15) is 0 Å². The molecule has 0 aromatic rings. The third-order valence-electron chi connectivity index (χ3n) is 1.23. The Labute approximate surface area is 59.6 Å². The standard InChI is InChI=1S/C6H13NO3/c1-2-4(8)6(10)5(9)3-7/h2,4-6,8-10H,1,3,7H2. The van der Waals surface area contributed by atoms with Gasteiger partial charge in [0.25, 0.3) is 0 Å². The van der Waals surface area contributed by atoms with E-state index in [4.69, 9.17) is 21.1 Å². The molecule has 3 unspecified atom stereocenters. The van der Waals surface area contributed by atoms with Crippen LogP contribution in [0, 0.1) is 0 Å². The third kappa shape index (κ3) is 2.45. The van der Waals surface area contributed by atoms with E-state index >= 15 is 0 Å². The zero-order valence-corrected chi connectivity index (χ0v) is 5.64. The largest absolute Gasteiger partial charge is 0.389 e. The number of nitrogens with two attached hydrogens (primary N) is 1.